The summed E-state index contributed by atoms with van der Waals surface area (Å²) in [4.78, 5) is 20.2. The number of H-pyrrole nitrogens is 1. The zero-order valence-electron chi connectivity index (χ0n) is 11.3. The van der Waals surface area contributed by atoms with E-state index < -0.39 is 0 Å². The lowest BCUT2D eigenvalue weighted by atomic mass is 10.1. The molecule has 6 nitrogen and oxygen atoms in total. The number of aromatic amines is 1. The highest BCUT2D eigenvalue weighted by atomic mass is 16.1. The molecule has 0 aliphatic heterocycles. The lowest BCUT2D eigenvalue weighted by Crippen LogP contribution is -2.41. The first-order valence-electron chi connectivity index (χ1n) is 6.08. The summed E-state index contributed by atoms with van der Waals surface area (Å²) in [5.41, 5.74) is 0.433. The van der Waals surface area contributed by atoms with E-state index in [0.717, 1.165) is 0 Å². The second-order valence-corrected chi connectivity index (χ2v) is 5.30. The summed E-state index contributed by atoms with van der Waals surface area (Å²) in [7, 11) is 0. The van der Waals surface area contributed by atoms with Crippen LogP contribution >= 0.6 is 0 Å². The zero-order valence-corrected chi connectivity index (χ0v) is 11.3. The van der Waals surface area contributed by atoms with Crippen LogP contribution in [0.3, 0.4) is 0 Å². The number of pyridine rings is 1. The number of nitrogens with one attached hydrogen (secondary N) is 2. The predicted octanol–water partition coefficient (Wildman–Crippen LogP) is 1.32. The van der Waals surface area contributed by atoms with Crippen molar-refractivity contribution in [2.45, 2.75) is 32.7 Å². The molecular formula is C13H17N5O. The Morgan fingerprint density at radius 3 is 2.79 bits per heavy atom. The molecule has 0 spiro atoms. The zero-order chi connectivity index (χ0) is 13.9. The Bertz CT molecular complexity index is 556. The van der Waals surface area contributed by atoms with Crippen LogP contribution in [0.25, 0.3) is 11.5 Å². The third-order valence-corrected chi connectivity index (χ3v) is 2.27. The van der Waals surface area contributed by atoms with E-state index in [1.54, 1.807) is 6.20 Å². The molecule has 2 aromatic heterocycles. The fourth-order valence-corrected chi connectivity index (χ4v) is 1.60. The molecule has 1 amide bonds. The topological polar surface area (TPSA) is 83.6 Å². The number of carbonyl (C=O) groups is 1. The van der Waals surface area contributed by atoms with E-state index in [1.807, 2.05) is 39.0 Å². The summed E-state index contributed by atoms with van der Waals surface area (Å²) in [5.74, 6) is 0.942. The van der Waals surface area contributed by atoms with E-state index >= 15 is 0 Å². The summed E-state index contributed by atoms with van der Waals surface area (Å²) < 4.78 is 0. The van der Waals surface area contributed by atoms with E-state index in [-0.39, 0.29) is 17.9 Å². The Morgan fingerprint density at radius 2 is 2.16 bits per heavy atom. The van der Waals surface area contributed by atoms with E-state index in [0.29, 0.717) is 17.3 Å². The van der Waals surface area contributed by atoms with Crippen LogP contribution in [0.2, 0.25) is 0 Å². The first-order chi connectivity index (χ1) is 8.94. The molecule has 0 unspecified atom stereocenters. The number of amides is 1. The summed E-state index contributed by atoms with van der Waals surface area (Å²) >= 11 is 0. The second kappa shape index (κ2) is 5.17. The number of hydrogen-bond acceptors (Lipinski definition) is 4. The quantitative estimate of drug-likeness (QED) is 0.870. The molecule has 0 aliphatic rings. The average Bonchev–Trinajstić information content (AvgIpc) is 2.76. The van der Waals surface area contributed by atoms with Crippen molar-refractivity contribution >= 4 is 5.91 Å². The van der Waals surface area contributed by atoms with Crippen LogP contribution in [0, 0.1) is 0 Å². The summed E-state index contributed by atoms with van der Waals surface area (Å²) in [6.45, 7) is 5.81. The number of carbonyl (C=O) groups excluding carboxylic acids is 1. The molecule has 6 heteroatoms. The number of rotatable bonds is 3. The van der Waals surface area contributed by atoms with E-state index in [4.69, 9.17) is 0 Å². The van der Waals surface area contributed by atoms with Crippen molar-refractivity contribution in [1.82, 2.24) is 25.5 Å². The molecule has 0 aromatic carbocycles. The Kier molecular flexibility index (Phi) is 3.59. The van der Waals surface area contributed by atoms with Crippen molar-refractivity contribution in [3.8, 4) is 11.5 Å². The van der Waals surface area contributed by atoms with Gasteiger partial charge in [0.1, 0.15) is 11.5 Å². The summed E-state index contributed by atoms with van der Waals surface area (Å²) in [5, 5.41) is 9.69. The summed E-state index contributed by atoms with van der Waals surface area (Å²) in [6, 6.07) is 5.51. The largest absolute Gasteiger partial charge is 0.351 e. The van der Waals surface area contributed by atoms with E-state index in [9.17, 15) is 4.79 Å². The monoisotopic (exact) mass is 259 g/mol. The van der Waals surface area contributed by atoms with Crippen LogP contribution < -0.4 is 5.32 Å². The van der Waals surface area contributed by atoms with Crippen molar-refractivity contribution in [3.63, 3.8) is 0 Å². The van der Waals surface area contributed by atoms with Gasteiger partial charge < -0.3 is 5.32 Å². The Labute approximate surface area is 111 Å². The van der Waals surface area contributed by atoms with Crippen molar-refractivity contribution in [3.05, 3.63) is 30.2 Å². The molecule has 0 saturated heterocycles. The van der Waals surface area contributed by atoms with Gasteiger partial charge in [-0.2, -0.15) is 5.10 Å². The van der Waals surface area contributed by atoms with Gasteiger partial charge in [0.05, 0.1) is 6.42 Å². The highest BCUT2D eigenvalue weighted by Gasteiger charge is 2.16. The molecule has 2 heterocycles. The van der Waals surface area contributed by atoms with Gasteiger partial charge in [-0.25, -0.2) is 4.98 Å². The first kappa shape index (κ1) is 13.2. The lowest BCUT2D eigenvalue weighted by molar-refractivity contribution is -0.121. The maximum atomic E-state index is 11.8. The Balaban J connectivity index is 2.04. The first-order valence-corrected chi connectivity index (χ1v) is 6.08. The van der Waals surface area contributed by atoms with Crippen molar-refractivity contribution in [1.29, 1.82) is 0 Å². The third-order valence-electron chi connectivity index (χ3n) is 2.27. The van der Waals surface area contributed by atoms with Gasteiger partial charge in [0, 0.05) is 11.7 Å². The molecule has 19 heavy (non-hydrogen) atoms. The molecule has 2 N–H and O–H groups in total. The van der Waals surface area contributed by atoms with Crippen LogP contribution in [-0.4, -0.2) is 31.6 Å². The lowest BCUT2D eigenvalue weighted by Gasteiger charge is -2.19. The van der Waals surface area contributed by atoms with Crippen LogP contribution in [0.5, 0.6) is 0 Å². The van der Waals surface area contributed by atoms with E-state index in [2.05, 4.69) is 25.5 Å². The van der Waals surface area contributed by atoms with Crippen molar-refractivity contribution in [2.75, 3.05) is 0 Å². The smallest absolute Gasteiger partial charge is 0.228 e. The van der Waals surface area contributed by atoms with Crippen LogP contribution in [0.4, 0.5) is 0 Å². The van der Waals surface area contributed by atoms with Gasteiger partial charge in [-0.1, -0.05) is 6.07 Å². The SMILES string of the molecule is CC(C)(C)NC(=O)Cc1nc(-c2ccccn2)n[nH]1. The third kappa shape index (κ3) is 3.87. The molecule has 0 bridgehead atoms. The molecular weight excluding hydrogens is 242 g/mol. The average molecular weight is 259 g/mol. The Morgan fingerprint density at radius 1 is 1.37 bits per heavy atom. The van der Waals surface area contributed by atoms with Crippen LogP contribution in [-0.2, 0) is 11.2 Å². The van der Waals surface area contributed by atoms with Gasteiger partial charge in [-0.05, 0) is 32.9 Å². The van der Waals surface area contributed by atoms with Gasteiger partial charge in [0.25, 0.3) is 0 Å². The molecule has 0 fully saturated rings. The normalized spacial score (nSPS) is 11.3. The number of aromatic nitrogens is 4. The van der Waals surface area contributed by atoms with Gasteiger partial charge >= 0.3 is 0 Å². The highest BCUT2D eigenvalue weighted by Crippen LogP contribution is 2.10. The fraction of sp³-hybridized carbons (Fsp3) is 0.385. The minimum absolute atomic E-state index is 0.0868. The highest BCUT2D eigenvalue weighted by molar-refractivity contribution is 5.78. The van der Waals surface area contributed by atoms with Gasteiger partial charge in [0.2, 0.25) is 5.91 Å². The van der Waals surface area contributed by atoms with Gasteiger partial charge in [0.15, 0.2) is 5.82 Å². The molecule has 0 atom stereocenters. The van der Waals surface area contributed by atoms with Crippen LogP contribution in [0.1, 0.15) is 26.6 Å². The predicted molar refractivity (Wildman–Crippen MR) is 71.2 cm³/mol. The van der Waals surface area contributed by atoms with E-state index in [1.165, 1.54) is 0 Å². The molecule has 100 valence electrons. The molecule has 0 aliphatic carbocycles. The molecule has 2 aromatic rings. The standard InChI is InChI=1S/C13H17N5O/c1-13(2,3)16-11(19)8-10-15-12(18-17-10)9-6-4-5-7-14-9/h4-7H,8H2,1-3H3,(H,16,19)(H,15,17,18). The number of nitrogens with zero attached hydrogens (tertiary/aromatic N) is 3. The minimum atomic E-state index is -0.249. The number of hydrogen-bond donors (Lipinski definition) is 2. The molecule has 0 saturated carbocycles. The second-order valence-electron chi connectivity index (χ2n) is 5.30. The van der Waals surface area contributed by atoms with Gasteiger partial charge in [-0.15, -0.1) is 0 Å². The van der Waals surface area contributed by atoms with Gasteiger partial charge in [-0.3, -0.25) is 14.9 Å². The maximum Gasteiger partial charge on any atom is 0.228 e. The molecule has 0 radical (unpaired) electrons. The summed E-state index contributed by atoms with van der Waals surface area (Å²) in [6.07, 6.45) is 1.86. The molecule has 2 rings (SSSR count). The minimum Gasteiger partial charge on any atom is -0.351 e. The van der Waals surface area contributed by atoms with Crippen molar-refractivity contribution < 1.29 is 4.79 Å². The van der Waals surface area contributed by atoms with Crippen LogP contribution in [0.15, 0.2) is 24.4 Å². The Hall–Kier alpha value is -2.24. The van der Waals surface area contributed by atoms with Crippen molar-refractivity contribution in [2.24, 2.45) is 0 Å². The maximum absolute atomic E-state index is 11.8. The fourth-order valence-electron chi connectivity index (χ4n) is 1.60.